The molecule has 2 atom stereocenters. The molecule has 4 rings (SSSR count). The summed E-state index contributed by atoms with van der Waals surface area (Å²) >= 11 is 0. The van der Waals surface area contributed by atoms with E-state index in [0.717, 1.165) is 29.7 Å². The highest BCUT2D eigenvalue weighted by atomic mass is 32.2. The number of hydrogen-bond donors (Lipinski definition) is 2. The summed E-state index contributed by atoms with van der Waals surface area (Å²) in [4.78, 5) is 13.8. The van der Waals surface area contributed by atoms with Gasteiger partial charge in [-0.25, -0.2) is 23.1 Å². The minimum Gasteiger partial charge on any atom is -0.356 e. The minimum atomic E-state index is -3.35. The van der Waals surface area contributed by atoms with Crippen LogP contribution in [0.4, 0.5) is 5.82 Å². The van der Waals surface area contributed by atoms with Gasteiger partial charge in [0.2, 0.25) is 10.0 Å². The Labute approximate surface area is 152 Å². The summed E-state index contributed by atoms with van der Waals surface area (Å²) in [6.07, 6.45) is 6.59. The second-order valence-electron chi connectivity index (χ2n) is 7.29. The van der Waals surface area contributed by atoms with Crippen molar-refractivity contribution in [3.05, 3.63) is 18.6 Å². The Balaban J connectivity index is 1.37. The van der Waals surface area contributed by atoms with Gasteiger partial charge in [-0.1, -0.05) is 0 Å². The SMILES string of the molecule is CN(c1ncnc2[nH]ccc12)[C@H]1C[C@H](NS(=O)(=O)[C@H]2CC[C@@H](C#N)C2)C1. The Morgan fingerprint density at radius 3 is 2.85 bits per heavy atom. The molecular formula is C17H22N6O2S. The van der Waals surface area contributed by atoms with Gasteiger partial charge in [0, 0.05) is 31.2 Å². The lowest BCUT2D eigenvalue weighted by Gasteiger charge is -2.42. The zero-order valence-corrected chi connectivity index (χ0v) is 15.4. The molecule has 0 aromatic carbocycles. The highest BCUT2D eigenvalue weighted by Crippen LogP contribution is 2.34. The number of hydrogen-bond acceptors (Lipinski definition) is 6. The highest BCUT2D eigenvalue weighted by molar-refractivity contribution is 7.90. The van der Waals surface area contributed by atoms with E-state index in [1.807, 2.05) is 19.3 Å². The average Bonchev–Trinajstić information content (AvgIpc) is 3.25. The molecule has 138 valence electrons. The third-order valence-electron chi connectivity index (χ3n) is 5.66. The quantitative estimate of drug-likeness (QED) is 0.820. The van der Waals surface area contributed by atoms with E-state index in [-0.39, 0.29) is 18.0 Å². The fourth-order valence-electron chi connectivity index (χ4n) is 3.98. The average molecular weight is 374 g/mol. The molecular weight excluding hydrogens is 352 g/mol. The summed E-state index contributed by atoms with van der Waals surface area (Å²) in [6, 6.07) is 4.33. The van der Waals surface area contributed by atoms with Gasteiger partial charge < -0.3 is 9.88 Å². The van der Waals surface area contributed by atoms with E-state index in [1.54, 1.807) is 0 Å². The summed E-state index contributed by atoms with van der Waals surface area (Å²) in [6.45, 7) is 0. The van der Waals surface area contributed by atoms with E-state index >= 15 is 0 Å². The van der Waals surface area contributed by atoms with E-state index in [1.165, 1.54) is 6.33 Å². The van der Waals surface area contributed by atoms with Crippen molar-refractivity contribution < 1.29 is 8.42 Å². The smallest absolute Gasteiger partial charge is 0.214 e. The fourth-order valence-corrected chi connectivity index (χ4v) is 5.76. The molecule has 0 spiro atoms. The van der Waals surface area contributed by atoms with Gasteiger partial charge in [0.15, 0.2) is 0 Å². The molecule has 0 saturated heterocycles. The van der Waals surface area contributed by atoms with Crippen molar-refractivity contribution in [2.45, 2.75) is 49.4 Å². The Kier molecular flexibility index (Phi) is 4.32. The largest absolute Gasteiger partial charge is 0.356 e. The number of nitrogens with zero attached hydrogens (tertiary/aromatic N) is 4. The summed E-state index contributed by atoms with van der Waals surface area (Å²) in [5.74, 6) is 0.730. The van der Waals surface area contributed by atoms with E-state index in [9.17, 15) is 8.42 Å². The Morgan fingerprint density at radius 2 is 2.12 bits per heavy atom. The van der Waals surface area contributed by atoms with E-state index in [0.29, 0.717) is 19.3 Å². The summed E-state index contributed by atoms with van der Waals surface area (Å²) in [5, 5.41) is 9.51. The van der Waals surface area contributed by atoms with Crippen LogP contribution in [0.3, 0.4) is 0 Å². The Hall–Kier alpha value is -2.18. The summed E-state index contributed by atoms with van der Waals surface area (Å²) in [7, 11) is -1.37. The monoisotopic (exact) mass is 374 g/mol. The first-order chi connectivity index (χ1) is 12.5. The molecule has 8 nitrogen and oxygen atoms in total. The lowest BCUT2D eigenvalue weighted by atomic mass is 9.86. The van der Waals surface area contributed by atoms with Crippen molar-refractivity contribution in [2.75, 3.05) is 11.9 Å². The van der Waals surface area contributed by atoms with Crippen molar-refractivity contribution in [1.82, 2.24) is 19.7 Å². The minimum absolute atomic E-state index is 0.0443. The van der Waals surface area contributed by atoms with Crippen molar-refractivity contribution in [3.8, 4) is 6.07 Å². The van der Waals surface area contributed by atoms with Gasteiger partial charge in [-0.15, -0.1) is 0 Å². The maximum atomic E-state index is 12.5. The standard InChI is InChI=1S/C17H22N6O2S/c1-23(17-15-4-5-19-16(15)20-10-21-17)13-7-12(8-13)22-26(24,25)14-3-2-11(6-14)9-18/h4-5,10-14,22H,2-3,6-8H2,1H3,(H,19,20,21)/t11-,12-,13-,14+/m1/s1. The fraction of sp³-hybridized carbons (Fsp3) is 0.588. The van der Waals surface area contributed by atoms with E-state index < -0.39 is 15.3 Å². The zero-order valence-electron chi connectivity index (χ0n) is 14.6. The van der Waals surface area contributed by atoms with Crippen molar-refractivity contribution in [1.29, 1.82) is 5.26 Å². The van der Waals surface area contributed by atoms with Crippen LogP contribution in [0.2, 0.25) is 0 Å². The molecule has 2 aromatic heterocycles. The number of nitrogens with one attached hydrogen (secondary N) is 2. The predicted molar refractivity (Wildman–Crippen MR) is 97.9 cm³/mol. The van der Waals surface area contributed by atoms with Gasteiger partial charge in [-0.05, 0) is 38.2 Å². The molecule has 2 N–H and O–H groups in total. The molecule has 0 unspecified atom stereocenters. The second kappa shape index (κ2) is 6.52. The number of fused-ring (bicyclic) bond motifs is 1. The van der Waals surface area contributed by atoms with Crippen LogP contribution in [0.5, 0.6) is 0 Å². The molecule has 2 aromatic rings. The molecule has 0 amide bonds. The Morgan fingerprint density at radius 1 is 1.31 bits per heavy atom. The summed E-state index contributed by atoms with van der Waals surface area (Å²) < 4.78 is 27.9. The molecule has 2 fully saturated rings. The van der Waals surface area contributed by atoms with Crippen molar-refractivity contribution >= 4 is 26.9 Å². The van der Waals surface area contributed by atoms with E-state index in [2.05, 4.69) is 30.6 Å². The number of sulfonamides is 1. The van der Waals surface area contributed by atoms with E-state index in [4.69, 9.17) is 5.26 Å². The van der Waals surface area contributed by atoms with Crippen LogP contribution in [0.25, 0.3) is 11.0 Å². The number of aromatic amines is 1. The van der Waals surface area contributed by atoms with Crippen molar-refractivity contribution in [2.24, 2.45) is 5.92 Å². The van der Waals surface area contributed by atoms with Crippen LogP contribution in [0.15, 0.2) is 18.6 Å². The molecule has 26 heavy (non-hydrogen) atoms. The Bertz CT molecular complexity index is 944. The highest BCUT2D eigenvalue weighted by Gasteiger charge is 2.40. The first-order valence-corrected chi connectivity index (χ1v) is 10.4. The van der Waals surface area contributed by atoms with Gasteiger partial charge in [0.05, 0.1) is 16.7 Å². The first kappa shape index (κ1) is 17.2. The number of aromatic nitrogens is 3. The van der Waals surface area contributed by atoms with Crippen LogP contribution in [-0.4, -0.2) is 47.8 Å². The van der Waals surface area contributed by atoms with Gasteiger partial charge in [-0.3, -0.25) is 0 Å². The van der Waals surface area contributed by atoms with Gasteiger partial charge in [-0.2, -0.15) is 5.26 Å². The zero-order chi connectivity index (χ0) is 18.3. The number of rotatable bonds is 5. The van der Waals surface area contributed by atoms with Crippen LogP contribution in [0, 0.1) is 17.2 Å². The number of H-pyrrole nitrogens is 1. The molecule has 2 aliphatic carbocycles. The topological polar surface area (TPSA) is 115 Å². The first-order valence-electron chi connectivity index (χ1n) is 8.89. The normalized spacial score (nSPS) is 28.6. The molecule has 2 saturated carbocycles. The van der Waals surface area contributed by atoms with Crippen LogP contribution >= 0.6 is 0 Å². The van der Waals surface area contributed by atoms with Crippen molar-refractivity contribution in [3.63, 3.8) is 0 Å². The molecule has 2 aliphatic rings. The lowest BCUT2D eigenvalue weighted by molar-refractivity contribution is 0.315. The van der Waals surface area contributed by atoms with Crippen LogP contribution < -0.4 is 9.62 Å². The molecule has 9 heteroatoms. The number of nitriles is 1. The third-order valence-corrected chi connectivity index (χ3v) is 7.63. The molecule has 0 bridgehead atoms. The van der Waals surface area contributed by atoms with Gasteiger partial charge >= 0.3 is 0 Å². The van der Waals surface area contributed by atoms with Crippen LogP contribution in [-0.2, 0) is 10.0 Å². The maximum absolute atomic E-state index is 12.5. The lowest BCUT2D eigenvalue weighted by Crippen LogP contribution is -2.54. The number of anilines is 1. The predicted octanol–water partition coefficient (Wildman–Crippen LogP) is 1.54. The summed E-state index contributed by atoms with van der Waals surface area (Å²) in [5.41, 5.74) is 0.798. The third kappa shape index (κ3) is 3.04. The van der Waals surface area contributed by atoms with Crippen LogP contribution in [0.1, 0.15) is 32.1 Å². The molecule has 2 heterocycles. The molecule has 0 radical (unpaired) electrons. The molecule has 0 aliphatic heterocycles. The maximum Gasteiger partial charge on any atom is 0.214 e. The van der Waals surface area contributed by atoms with Gasteiger partial charge in [0.25, 0.3) is 0 Å². The second-order valence-corrected chi connectivity index (χ2v) is 9.29. The van der Waals surface area contributed by atoms with Gasteiger partial charge in [0.1, 0.15) is 17.8 Å².